The molecule has 0 radical (unpaired) electrons. The van der Waals surface area contributed by atoms with Gasteiger partial charge in [-0.2, -0.15) is 0 Å². The van der Waals surface area contributed by atoms with E-state index in [-0.39, 0.29) is 0 Å². The zero-order chi connectivity index (χ0) is 12.9. The minimum atomic E-state index is -2.54. The van der Waals surface area contributed by atoms with Crippen LogP contribution in [0, 0.1) is 5.92 Å². The molecule has 0 aliphatic rings. The second kappa shape index (κ2) is 6.37. The van der Waals surface area contributed by atoms with Crippen molar-refractivity contribution < 1.29 is 9.67 Å². The highest BCUT2D eigenvalue weighted by Gasteiger charge is 2.28. The van der Waals surface area contributed by atoms with E-state index >= 15 is 0 Å². The molecule has 0 saturated carbocycles. The van der Waals surface area contributed by atoms with Crippen LogP contribution in [0.2, 0.25) is 0 Å². The van der Waals surface area contributed by atoms with Crippen LogP contribution in [0.25, 0.3) is 0 Å². The van der Waals surface area contributed by atoms with Gasteiger partial charge >= 0.3 is 0 Å². The van der Waals surface area contributed by atoms with E-state index in [0.717, 1.165) is 18.4 Å². The average molecular weight is 254 g/mol. The topological polar surface area (TPSA) is 37.3 Å². The number of hydrogen-bond donors (Lipinski definition) is 1. The van der Waals surface area contributed by atoms with E-state index in [1.807, 2.05) is 30.3 Å². The molecule has 96 valence electrons. The lowest BCUT2D eigenvalue weighted by Gasteiger charge is -2.23. The predicted molar refractivity (Wildman–Crippen MR) is 73.9 cm³/mol. The van der Waals surface area contributed by atoms with Crippen LogP contribution in [0.4, 0.5) is 0 Å². The monoisotopic (exact) mass is 254 g/mol. The summed E-state index contributed by atoms with van der Waals surface area (Å²) in [4.78, 5) is 0. The van der Waals surface area contributed by atoms with E-state index in [2.05, 4.69) is 13.8 Å². The molecule has 0 saturated heterocycles. The van der Waals surface area contributed by atoms with Crippen molar-refractivity contribution in [1.29, 1.82) is 0 Å². The second-order valence-electron chi connectivity index (χ2n) is 5.03. The highest BCUT2D eigenvalue weighted by molar-refractivity contribution is 7.63. The lowest BCUT2D eigenvalue weighted by molar-refractivity contribution is 0.252. The summed E-state index contributed by atoms with van der Waals surface area (Å²) in [5.74, 6) is -0.405. The zero-order valence-corrected chi connectivity index (χ0v) is 11.9. The summed E-state index contributed by atoms with van der Waals surface area (Å²) in [6.45, 7) is 5.96. The summed E-state index contributed by atoms with van der Waals surface area (Å²) in [7, 11) is -2.54. The smallest absolute Gasteiger partial charge is 0.131 e. The zero-order valence-electron chi connectivity index (χ0n) is 11.0. The normalized spacial score (nSPS) is 18.4. The van der Waals surface area contributed by atoms with Crippen LogP contribution in [0.1, 0.15) is 38.1 Å². The number of rotatable bonds is 6. The molecule has 0 amide bonds. The molecule has 0 aliphatic heterocycles. The summed E-state index contributed by atoms with van der Waals surface area (Å²) in [5, 5.41) is 10.2. The minimum absolute atomic E-state index is 0.411. The fourth-order valence-electron chi connectivity index (χ4n) is 2.24. The van der Waals surface area contributed by atoms with E-state index in [9.17, 15) is 9.67 Å². The average Bonchev–Trinajstić information content (AvgIpc) is 2.28. The van der Waals surface area contributed by atoms with Crippen molar-refractivity contribution in [2.24, 2.45) is 5.92 Å². The Kier molecular flexibility index (Phi) is 5.42. The number of aliphatic hydroxyl groups is 1. The Morgan fingerprint density at radius 1 is 1.29 bits per heavy atom. The third-order valence-corrected chi connectivity index (χ3v) is 5.75. The van der Waals surface area contributed by atoms with E-state index < -0.39 is 13.0 Å². The molecular formula is C14H23O2P. The van der Waals surface area contributed by atoms with Gasteiger partial charge in [-0.3, -0.25) is 0 Å². The molecule has 1 aromatic rings. The minimum Gasteiger partial charge on any atom is -0.381 e. The lowest BCUT2D eigenvalue weighted by atomic mass is 10.1. The van der Waals surface area contributed by atoms with Gasteiger partial charge in [0.25, 0.3) is 0 Å². The summed E-state index contributed by atoms with van der Waals surface area (Å²) in [6.07, 6.45) is 2.79. The molecule has 3 atom stereocenters. The number of benzene rings is 1. The molecule has 0 aliphatic carbocycles. The molecule has 2 nitrogen and oxygen atoms in total. The van der Waals surface area contributed by atoms with Gasteiger partial charge in [-0.1, -0.05) is 57.0 Å². The van der Waals surface area contributed by atoms with Crippen molar-refractivity contribution >= 4 is 7.14 Å². The van der Waals surface area contributed by atoms with Gasteiger partial charge in [0.15, 0.2) is 0 Å². The van der Waals surface area contributed by atoms with Gasteiger partial charge in [0.05, 0.1) is 0 Å². The van der Waals surface area contributed by atoms with E-state index in [0.29, 0.717) is 12.1 Å². The molecule has 3 heteroatoms. The van der Waals surface area contributed by atoms with Gasteiger partial charge in [-0.15, -0.1) is 0 Å². The van der Waals surface area contributed by atoms with Crippen LogP contribution >= 0.6 is 7.14 Å². The van der Waals surface area contributed by atoms with Crippen LogP contribution in [-0.2, 0) is 4.57 Å². The maximum Gasteiger partial charge on any atom is 0.131 e. The maximum atomic E-state index is 12.5. The number of aliphatic hydroxyl groups excluding tert-OH is 1. The quantitative estimate of drug-likeness (QED) is 0.776. The van der Waals surface area contributed by atoms with Crippen LogP contribution in [0.5, 0.6) is 0 Å². The molecule has 0 aromatic heterocycles. The predicted octanol–water partition coefficient (Wildman–Crippen LogP) is 4.11. The summed E-state index contributed by atoms with van der Waals surface area (Å²) in [5.41, 5.74) is 0.766. The van der Waals surface area contributed by atoms with Gasteiger partial charge in [0, 0.05) is 6.16 Å². The number of hydrogen-bond acceptors (Lipinski definition) is 2. The fraction of sp³-hybridized carbons (Fsp3) is 0.571. The Hall–Kier alpha value is -0.590. The van der Waals surface area contributed by atoms with Crippen molar-refractivity contribution in [3.05, 3.63) is 35.9 Å². The van der Waals surface area contributed by atoms with Gasteiger partial charge in [-0.05, 0) is 18.1 Å². The highest BCUT2D eigenvalue weighted by atomic mass is 31.2. The largest absolute Gasteiger partial charge is 0.381 e. The first-order chi connectivity index (χ1) is 7.97. The van der Waals surface area contributed by atoms with E-state index in [1.165, 1.54) is 0 Å². The Morgan fingerprint density at radius 3 is 2.41 bits per heavy atom. The molecule has 0 bridgehead atoms. The van der Waals surface area contributed by atoms with Gasteiger partial charge < -0.3 is 9.67 Å². The standard InChI is InChI=1S/C14H23O2P/c1-4-8-12(2)11-17(3,16)14(15)13-9-6-5-7-10-13/h5-7,9-10,12,14-15H,4,8,11H2,1-3H3. The molecule has 0 spiro atoms. The third kappa shape index (κ3) is 4.29. The van der Waals surface area contributed by atoms with Gasteiger partial charge in [-0.25, -0.2) is 0 Å². The van der Waals surface area contributed by atoms with Crippen LogP contribution in [-0.4, -0.2) is 17.9 Å². The van der Waals surface area contributed by atoms with Crippen molar-refractivity contribution in [2.45, 2.75) is 32.5 Å². The molecule has 0 heterocycles. The van der Waals surface area contributed by atoms with Gasteiger partial charge in [0.2, 0.25) is 0 Å². The fourth-order valence-corrected chi connectivity index (χ4v) is 4.67. The first-order valence-corrected chi connectivity index (χ1v) is 8.67. The maximum absolute atomic E-state index is 12.5. The highest BCUT2D eigenvalue weighted by Crippen LogP contribution is 2.55. The summed E-state index contributed by atoms with van der Waals surface area (Å²) < 4.78 is 12.5. The molecular weight excluding hydrogens is 231 g/mol. The SMILES string of the molecule is CCCC(C)CP(C)(=O)C(O)c1ccccc1. The van der Waals surface area contributed by atoms with Crippen LogP contribution in [0.15, 0.2) is 30.3 Å². The Morgan fingerprint density at radius 2 is 1.88 bits per heavy atom. The molecule has 1 aromatic carbocycles. The third-order valence-electron chi connectivity index (χ3n) is 3.07. The lowest BCUT2D eigenvalue weighted by Crippen LogP contribution is -2.08. The first kappa shape index (κ1) is 14.5. The summed E-state index contributed by atoms with van der Waals surface area (Å²) in [6, 6.07) is 9.31. The molecule has 1 N–H and O–H groups in total. The van der Waals surface area contributed by atoms with E-state index in [1.54, 1.807) is 6.66 Å². The Bertz CT molecular complexity index is 375. The second-order valence-corrected chi connectivity index (χ2v) is 8.24. The Labute approximate surface area is 104 Å². The molecule has 3 unspecified atom stereocenters. The first-order valence-electron chi connectivity index (χ1n) is 6.26. The molecule has 1 rings (SSSR count). The molecule has 17 heavy (non-hydrogen) atoms. The van der Waals surface area contributed by atoms with Gasteiger partial charge in [0.1, 0.15) is 13.0 Å². The van der Waals surface area contributed by atoms with E-state index in [4.69, 9.17) is 0 Å². The van der Waals surface area contributed by atoms with Crippen molar-refractivity contribution in [2.75, 3.05) is 12.8 Å². The van der Waals surface area contributed by atoms with Crippen molar-refractivity contribution in [3.8, 4) is 0 Å². The van der Waals surface area contributed by atoms with Crippen LogP contribution in [0.3, 0.4) is 0 Å². The summed E-state index contributed by atoms with van der Waals surface area (Å²) >= 11 is 0. The van der Waals surface area contributed by atoms with Crippen LogP contribution < -0.4 is 0 Å². The van der Waals surface area contributed by atoms with Crippen molar-refractivity contribution in [3.63, 3.8) is 0 Å². The Balaban J connectivity index is 2.73. The molecule has 0 fully saturated rings. The van der Waals surface area contributed by atoms with Crippen molar-refractivity contribution in [1.82, 2.24) is 0 Å².